The average Bonchev–Trinajstić information content (AvgIpc) is 2.24. The fourth-order valence-electron chi connectivity index (χ4n) is 0.239. The number of hydrogen-bond donors (Lipinski definition) is 1. The van der Waals surface area contributed by atoms with Gasteiger partial charge in [-0.1, -0.05) is 0 Å². The van der Waals surface area contributed by atoms with E-state index in [4.69, 9.17) is 4.79 Å². The second-order valence-corrected chi connectivity index (χ2v) is 2.07. The first-order valence-corrected chi connectivity index (χ1v) is 2.91. The highest BCUT2D eigenvalue weighted by atomic mass is 127. The number of halogens is 1. The summed E-state index contributed by atoms with van der Waals surface area (Å²) in [6.07, 6.45) is 1.72. The van der Waals surface area contributed by atoms with Gasteiger partial charge < -0.3 is 4.79 Å². The molecule has 0 atom stereocenters. The Kier molecular flexibility index (Phi) is 4.53. The van der Waals surface area contributed by atoms with Gasteiger partial charge in [0.1, 0.15) is 6.79 Å². The Morgan fingerprint density at radius 3 is 2.50 bits per heavy atom. The summed E-state index contributed by atoms with van der Waals surface area (Å²) in [4.78, 5) is 8.00. The van der Waals surface area contributed by atoms with E-state index in [-0.39, 0.29) is 0 Å². The van der Waals surface area contributed by atoms with E-state index in [1.807, 2.05) is 12.9 Å². The van der Waals surface area contributed by atoms with Gasteiger partial charge in [0.05, 0.1) is 3.70 Å². The van der Waals surface area contributed by atoms with Crippen molar-refractivity contribution in [1.29, 1.82) is 0 Å². The molecule has 0 saturated carbocycles. The SMILES string of the molecule is C=O.Ic1ccn[nH]1. The lowest BCUT2D eigenvalue weighted by Crippen LogP contribution is -1.63. The molecule has 0 bridgehead atoms. The third kappa shape index (κ3) is 2.73. The van der Waals surface area contributed by atoms with Crippen LogP contribution in [0.5, 0.6) is 0 Å². The van der Waals surface area contributed by atoms with E-state index >= 15 is 0 Å². The Hall–Kier alpha value is -0.390. The van der Waals surface area contributed by atoms with Crippen molar-refractivity contribution in [2.45, 2.75) is 0 Å². The summed E-state index contributed by atoms with van der Waals surface area (Å²) in [6.45, 7) is 2.00. The number of carbonyl (C=O) groups excluding carboxylic acids is 1. The third-order valence-electron chi connectivity index (χ3n) is 0.467. The predicted molar refractivity (Wildman–Crippen MR) is 38.4 cm³/mol. The van der Waals surface area contributed by atoms with E-state index in [0.717, 1.165) is 3.70 Å². The van der Waals surface area contributed by atoms with Gasteiger partial charge in [-0.3, -0.25) is 5.10 Å². The van der Waals surface area contributed by atoms with Crippen molar-refractivity contribution in [2.75, 3.05) is 0 Å². The summed E-state index contributed by atoms with van der Waals surface area (Å²) in [5, 5.41) is 6.43. The van der Waals surface area contributed by atoms with Gasteiger partial charge >= 0.3 is 0 Å². The van der Waals surface area contributed by atoms with E-state index < -0.39 is 0 Å². The second-order valence-electron chi connectivity index (χ2n) is 0.905. The van der Waals surface area contributed by atoms with Crippen LogP contribution in [-0.4, -0.2) is 17.0 Å². The molecule has 1 N–H and O–H groups in total. The lowest BCUT2D eigenvalue weighted by atomic mass is 10.8. The molecule has 0 saturated heterocycles. The van der Waals surface area contributed by atoms with E-state index in [2.05, 4.69) is 32.8 Å². The van der Waals surface area contributed by atoms with Crippen LogP contribution in [0.1, 0.15) is 0 Å². The largest absolute Gasteiger partial charge is 0.307 e. The quantitative estimate of drug-likeness (QED) is 0.663. The minimum Gasteiger partial charge on any atom is -0.307 e. The van der Waals surface area contributed by atoms with Gasteiger partial charge in [0.25, 0.3) is 0 Å². The van der Waals surface area contributed by atoms with E-state index in [9.17, 15) is 0 Å². The topological polar surface area (TPSA) is 45.8 Å². The molecule has 1 aromatic rings. The van der Waals surface area contributed by atoms with Crippen LogP contribution < -0.4 is 0 Å². The van der Waals surface area contributed by atoms with Crippen molar-refractivity contribution in [1.82, 2.24) is 10.2 Å². The minimum atomic E-state index is 1.08. The van der Waals surface area contributed by atoms with Crippen LogP contribution in [-0.2, 0) is 4.79 Å². The molecule has 8 heavy (non-hydrogen) atoms. The van der Waals surface area contributed by atoms with Crippen molar-refractivity contribution >= 4 is 29.4 Å². The third-order valence-corrected chi connectivity index (χ3v) is 1.07. The first-order valence-electron chi connectivity index (χ1n) is 1.83. The zero-order valence-corrected chi connectivity index (χ0v) is 6.25. The summed E-state index contributed by atoms with van der Waals surface area (Å²) in [7, 11) is 0. The summed E-state index contributed by atoms with van der Waals surface area (Å²) in [5.74, 6) is 0. The van der Waals surface area contributed by atoms with Gasteiger partial charge in [0, 0.05) is 6.20 Å². The summed E-state index contributed by atoms with van der Waals surface area (Å²) in [5.41, 5.74) is 0. The highest BCUT2D eigenvalue weighted by molar-refractivity contribution is 14.1. The van der Waals surface area contributed by atoms with Crippen LogP contribution in [0.4, 0.5) is 0 Å². The molecule has 3 nitrogen and oxygen atoms in total. The average molecular weight is 224 g/mol. The Morgan fingerprint density at radius 2 is 2.38 bits per heavy atom. The number of rotatable bonds is 0. The van der Waals surface area contributed by atoms with E-state index in [1.165, 1.54) is 0 Å². The standard InChI is InChI=1S/C3H3IN2.CH2O/c4-3-1-2-5-6-3;1-2/h1-2H,(H,5,6);1H2. The number of nitrogens with one attached hydrogen (secondary N) is 1. The van der Waals surface area contributed by atoms with Crippen LogP contribution in [0.15, 0.2) is 12.3 Å². The van der Waals surface area contributed by atoms with Gasteiger partial charge in [-0.25, -0.2) is 0 Å². The van der Waals surface area contributed by atoms with Gasteiger partial charge in [-0.05, 0) is 28.7 Å². The molecule has 1 rings (SSSR count). The molecule has 0 aliphatic carbocycles. The highest BCUT2D eigenvalue weighted by Crippen LogP contribution is 1.93. The zero-order chi connectivity index (χ0) is 6.41. The monoisotopic (exact) mass is 224 g/mol. The van der Waals surface area contributed by atoms with Crippen LogP contribution >= 0.6 is 22.6 Å². The summed E-state index contributed by atoms with van der Waals surface area (Å²) >= 11 is 2.16. The lowest BCUT2D eigenvalue weighted by molar-refractivity contribution is -0.0979. The van der Waals surface area contributed by atoms with Crippen LogP contribution in [0.25, 0.3) is 0 Å². The molecule has 1 heterocycles. The molecule has 0 radical (unpaired) electrons. The molecule has 0 aliphatic heterocycles. The van der Waals surface area contributed by atoms with Crippen molar-refractivity contribution in [3.8, 4) is 0 Å². The predicted octanol–water partition coefficient (Wildman–Crippen LogP) is 0.829. The van der Waals surface area contributed by atoms with Crippen LogP contribution in [0.2, 0.25) is 0 Å². The second kappa shape index (κ2) is 4.76. The Bertz CT molecular complexity index is 129. The summed E-state index contributed by atoms with van der Waals surface area (Å²) in [6, 6.07) is 1.90. The van der Waals surface area contributed by atoms with Gasteiger partial charge in [-0.2, -0.15) is 5.10 Å². The normalized spacial score (nSPS) is 7.12. The lowest BCUT2D eigenvalue weighted by Gasteiger charge is -1.65. The van der Waals surface area contributed by atoms with Crippen molar-refractivity contribution in [3.05, 3.63) is 16.0 Å². The molecule has 1 aromatic heterocycles. The molecule has 0 spiro atoms. The maximum Gasteiger partial charge on any atom is 0.106 e. The number of nitrogens with zero attached hydrogens (tertiary/aromatic N) is 1. The smallest absolute Gasteiger partial charge is 0.106 e. The van der Waals surface area contributed by atoms with Gasteiger partial charge in [0.2, 0.25) is 0 Å². The highest BCUT2D eigenvalue weighted by Gasteiger charge is 1.76. The molecular weight excluding hydrogens is 219 g/mol. The number of carbonyl (C=O) groups is 1. The van der Waals surface area contributed by atoms with E-state index in [0.29, 0.717) is 0 Å². The molecule has 0 aromatic carbocycles. The number of H-pyrrole nitrogens is 1. The molecule has 0 amide bonds. The van der Waals surface area contributed by atoms with E-state index in [1.54, 1.807) is 6.20 Å². The number of aromatic amines is 1. The van der Waals surface area contributed by atoms with Gasteiger partial charge in [-0.15, -0.1) is 0 Å². The minimum absolute atomic E-state index is 1.08. The molecule has 0 unspecified atom stereocenters. The maximum absolute atomic E-state index is 8.00. The summed E-state index contributed by atoms with van der Waals surface area (Å²) < 4.78 is 1.08. The molecule has 4 heteroatoms. The first-order chi connectivity index (χ1) is 3.89. The van der Waals surface area contributed by atoms with Crippen molar-refractivity contribution < 1.29 is 4.79 Å². The van der Waals surface area contributed by atoms with Crippen LogP contribution in [0, 0.1) is 3.70 Å². The van der Waals surface area contributed by atoms with Crippen molar-refractivity contribution in [2.24, 2.45) is 0 Å². The maximum atomic E-state index is 8.00. The van der Waals surface area contributed by atoms with Gasteiger partial charge in [0.15, 0.2) is 0 Å². The number of hydrogen-bond acceptors (Lipinski definition) is 2. The van der Waals surface area contributed by atoms with Crippen molar-refractivity contribution in [3.63, 3.8) is 0 Å². The molecular formula is C4H5IN2O. The number of aromatic nitrogens is 2. The fraction of sp³-hybridized carbons (Fsp3) is 0. The Balaban J connectivity index is 0.000000222. The Labute approximate surface area is 60.6 Å². The molecule has 44 valence electrons. The first kappa shape index (κ1) is 7.61. The molecule has 0 aliphatic rings. The fourth-order valence-corrected chi connectivity index (χ4v) is 0.539. The Morgan fingerprint density at radius 1 is 1.75 bits per heavy atom. The van der Waals surface area contributed by atoms with Crippen LogP contribution in [0.3, 0.4) is 0 Å². The zero-order valence-electron chi connectivity index (χ0n) is 4.10. The molecule has 0 fully saturated rings.